The second-order valence-corrected chi connectivity index (χ2v) is 6.87. The van der Waals surface area contributed by atoms with Crippen molar-refractivity contribution in [1.82, 2.24) is 9.89 Å². The summed E-state index contributed by atoms with van der Waals surface area (Å²) in [5.41, 5.74) is 1.05. The zero-order valence-corrected chi connectivity index (χ0v) is 10.9. The first kappa shape index (κ1) is 11.3. The normalized spacial score (nSPS) is 39.7. The maximum Gasteiger partial charge on any atom is 0.339 e. The number of nitrogens with two attached hydrogens (primary N) is 1. The highest BCUT2D eigenvalue weighted by atomic mass is 16.4. The minimum atomic E-state index is -0.901. The summed E-state index contributed by atoms with van der Waals surface area (Å²) in [6, 6.07) is 0. The molecule has 5 heteroatoms. The molecule has 0 aliphatic heterocycles. The predicted molar refractivity (Wildman–Crippen MR) is 69.2 cm³/mol. The Morgan fingerprint density at radius 3 is 2.26 bits per heavy atom. The molecule has 4 aliphatic rings. The van der Waals surface area contributed by atoms with Crippen molar-refractivity contribution in [3.63, 3.8) is 0 Å². The predicted octanol–water partition coefficient (Wildman–Crippen LogP) is 1.76. The van der Waals surface area contributed by atoms with Crippen LogP contribution in [0.2, 0.25) is 0 Å². The van der Waals surface area contributed by atoms with Crippen LogP contribution in [0.1, 0.15) is 54.6 Å². The summed E-state index contributed by atoms with van der Waals surface area (Å²) < 4.78 is 0. The third-order valence-electron chi connectivity index (χ3n) is 5.50. The first-order valence-corrected chi connectivity index (χ1v) is 7.14. The van der Waals surface area contributed by atoms with E-state index in [1.807, 2.05) is 0 Å². The molecular formula is C14H19N3O2. The van der Waals surface area contributed by atoms with Gasteiger partial charge in [-0.05, 0) is 56.3 Å². The molecular weight excluding hydrogens is 242 g/mol. The van der Waals surface area contributed by atoms with Crippen molar-refractivity contribution in [2.45, 2.75) is 43.9 Å². The van der Waals surface area contributed by atoms with Gasteiger partial charge in [0.25, 0.3) is 0 Å². The summed E-state index contributed by atoms with van der Waals surface area (Å²) in [6.45, 7) is 0. The fraction of sp³-hybridized carbons (Fsp3) is 0.714. The number of nitrogens with zero attached hydrogens (tertiary/aromatic N) is 2. The zero-order chi connectivity index (χ0) is 13.2. The van der Waals surface area contributed by atoms with Crippen molar-refractivity contribution in [3.8, 4) is 0 Å². The van der Waals surface area contributed by atoms with Crippen LogP contribution in [0.25, 0.3) is 0 Å². The molecule has 1 aromatic rings. The lowest BCUT2D eigenvalue weighted by atomic mass is 9.48. The largest absolute Gasteiger partial charge is 0.478 e. The van der Waals surface area contributed by atoms with E-state index in [9.17, 15) is 9.90 Å². The van der Waals surface area contributed by atoms with Crippen molar-refractivity contribution in [2.24, 2.45) is 17.8 Å². The molecule has 0 saturated heterocycles. The molecule has 4 bridgehead atoms. The fourth-order valence-corrected chi connectivity index (χ4v) is 5.34. The summed E-state index contributed by atoms with van der Waals surface area (Å²) in [5.74, 6) is 7.10. The van der Waals surface area contributed by atoms with Crippen LogP contribution in [0.15, 0.2) is 6.20 Å². The molecule has 0 atom stereocenters. The summed E-state index contributed by atoms with van der Waals surface area (Å²) in [6.07, 6.45) is 8.79. The summed E-state index contributed by atoms with van der Waals surface area (Å²) in [4.78, 5) is 12.6. The summed E-state index contributed by atoms with van der Waals surface area (Å²) >= 11 is 0. The van der Waals surface area contributed by atoms with E-state index in [0.29, 0.717) is 5.56 Å². The molecule has 1 heterocycles. The molecule has 1 aromatic heterocycles. The van der Waals surface area contributed by atoms with Crippen LogP contribution >= 0.6 is 0 Å². The van der Waals surface area contributed by atoms with Gasteiger partial charge in [0.2, 0.25) is 0 Å². The van der Waals surface area contributed by atoms with Crippen molar-refractivity contribution >= 4 is 5.97 Å². The van der Waals surface area contributed by atoms with E-state index < -0.39 is 5.97 Å². The number of aromatic carboxylic acids is 1. The van der Waals surface area contributed by atoms with E-state index in [1.54, 1.807) is 0 Å². The zero-order valence-electron chi connectivity index (χ0n) is 10.9. The molecule has 5 nitrogen and oxygen atoms in total. The number of carbonyl (C=O) groups is 1. The fourth-order valence-electron chi connectivity index (χ4n) is 5.34. The van der Waals surface area contributed by atoms with Gasteiger partial charge in [-0.1, -0.05) is 0 Å². The van der Waals surface area contributed by atoms with E-state index in [1.165, 1.54) is 30.3 Å². The molecule has 19 heavy (non-hydrogen) atoms. The highest BCUT2D eigenvalue weighted by Gasteiger charge is 2.53. The minimum absolute atomic E-state index is 0.00685. The molecule has 4 saturated carbocycles. The van der Waals surface area contributed by atoms with E-state index in [-0.39, 0.29) is 5.41 Å². The number of hydrogen-bond donors (Lipinski definition) is 2. The second kappa shape index (κ2) is 3.52. The van der Waals surface area contributed by atoms with Crippen LogP contribution < -0.4 is 5.84 Å². The van der Waals surface area contributed by atoms with Gasteiger partial charge in [-0.2, -0.15) is 9.89 Å². The van der Waals surface area contributed by atoms with E-state index >= 15 is 0 Å². The Labute approximate surface area is 111 Å². The maximum absolute atomic E-state index is 11.4. The number of hydrogen-bond acceptors (Lipinski definition) is 3. The van der Waals surface area contributed by atoms with Crippen LogP contribution in [-0.4, -0.2) is 21.0 Å². The van der Waals surface area contributed by atoms with Crippen molar-refractivity contribution in [3.05, 3.63) is 17.5 Å². The second-order valence-electron chi connectivity index (χ2n) is 6.87. The van der Waals surface area contributed by atoms with Crippen LogP contribution in [0, 0.1) is 17.8 Å². The lowest BCUT2D eigenvalue weighted by Crippen LogP contribution is -2.49. The Balaban J connectivity index is 1.81. The van der Waals surface area contributed by atoms with Gasteiger partial charge in [0.15, 0.2) is 0 Å². The maximum atomic E-state index is 11.4. The molecule has 0 spiro atoms. The van der Waals surface area contributed by atoms with Crippen molar-refractivity contribution < 1.29 is 9.90 Å². The quantitative estimate of drug-likeness (QED) is 0.795. The summed E-state index contributed by atoms with van der Waals surface area (Å²) in [7, 11) is 0. The number of carboxylic acid groups (broad SMARTS) is 1. The SMILES string of the molecule is Nn1cc(C(=O)O)c(C23CC4CC(CC(C4)C2)C3)n1. The van der Waals surface area contributed by atoms with Gasteiger partial charge in [0.05, 0.1) is 11.9 Å². The standard InChI is InChI=1S/C14H19N3O2/c15-17-7-11(13(18)19)12(16-17)14-4-8-1-9(5-14)3-10(2-8)6-14/h7-10H,1-6,15H2,(H,18,19). The first-order valence-electron chi connectivity index (χ1n) is 7.14. The Morgan fingerprint density at radius 1 is 1.26 bits per heavy atom. The lowest BCUT2D eigenvalue weighted by molar-refractivity contribution is -0.00799. The van der Waals surface area contributed by atoms with E-state index in [2.05, 4.69) is 5.10 Å². The smallest absolute Gasteiger partial charge is 0.339 e. The molecule has 102 valence electrons. The van der Waals surface area contributed by atoms with Crippen LogP contribution in [0.5, 0.6) is 0 Å². The van der Waals surface area contributed by atoms with Gasteiger partial charge in [-0.25, -0.2) is 4.79 Å². The van der Waals surface area contributed by atoms with Crippen molar-refractivity contribution in [2.75, 3.05) is 5.84 Å². The Kier molecular flexibility index (Phi) is 2.10. The van der Waals surface area contributed by atoms with Gasteiger partial charge >= 0.3 is 5.97 Å². The lowest BCUT2D eigenvalue weighted by Gasteiger charge is -2.56. The van der Waals surface area contributed by atoms with E-state index in [0.717, 1.165) is 42.7 Å². The highest BCUT2D eigenvalue weighted by molar-refractivity contribution is 5.89. The van der Waals surface area contributed by atoms with Crippen LogP contribution in [0.4, 0.5) is 0 Å². The number of rotatable bonds is 2. The van der Waals surface area contributed by atoms with Crippen LogP contribution in [0.3, 0.4) is 0 Å². The van der Waals surface area contributed by atoms with Gasteiger partial charge in [-0.15, -0.1) is 0 Å². The third kappa shape index (κ3) is 1.53. The van der Waals surface area contributed by atoms with Crippen molar-refractivity contribution in [1.29, 1.82) is 0 Å². The van der Waals surface area contributed by atoms with Gasteiger partial charge < -0.3 is 10.9 Å². The third-order valence-corrected chi connectivity index (χ3v) is 5.50. The Hall–Kier alpha value is -1.52. The average molecular weight is 261 g/mol. The molecule has 0 radical (unpaired) electrons. The molecule has 5 rings (SSSR count). The number of carboxylic acids is 1. The number of aromatic nitrogens is 2. The Bertz CT molecular complexity index is 514. The topological polar surface area (TPSA) is 81.1 Å². The molecule has 4 aliphatic carbocycles. The monoisotopic (exact) mass is 261 g/mol. The molecule has 0 unspecified atom stereocenters. The van der Waals surface area contributed by atoms with Crippen LogP contribution in [-0.2, 0) is 5.41 Å². The van der Waals surface area contributed by atoms with Gasteiger partial charge in [-0.3, -0.25) is 0 Å². The van der Waals surface area contributed by atoms with E-state index in [4.69, 9.17) is 5.84 Å². The molecule has 0 aromatic carbocycles. The molecule has 3 N–H and O–H groups in total. The minimum Gasteiger partial charge on any atom is -0.478 e. The first-order chi connectivity index (χ1) is 9.06. The van der Waals surface area contributed by atoms with Gasteiger partial charge in [0.1, 0.15) is 5.56 Å². The average Bonchev–Trinajstić information content (AvgIpc) is 2.70. The molecule has 0 amide bonds. The van der Waals surface area contributed by atoms with Gasteiger partial charge in [0, 0.05) is 5.41 Å². The number of nitrogen functional groups attached to an aromatic ring is 1. The molecule has 4 fully saturated rings. The Morgan fingerprint density at radius 2 is 1.79 bits per heavy atom. The summed E-state index contributed by atoms with van der Waals surface area (Å²) in [5, 5.41) is 13.7. The highest BCUT2D eigenvalue weighted by Crippen LogP contribution is 2.60.